The first-order valence-corrected chi connectivity index (χ1v) is 5.25. The highest BCUT2D eigenvalue weighted by molar-refractivity contribution is 6.31. The lowest BCUT2D eigenvalue weighted by Crippen LogP contribution is -2.11. The first-order chi connectivity index (χ1) is 7.07. The molecule has 1 rings (SSSR count). The molecule has 0 bridgehead atoms. The average molecular weight is 228 g/mol. The molecule has 3 N–H and O–H groups in total. The molecule has 1 aromatic rings. The number of hydrogen-bond donors (Lipinski definition) is 2. The van der Waals surface area contributed by atoms with Crippen molar-refractivity contribution >= 4 is 17.5 Å². The maximum Gasteiger partial charge on any atom is 0.252 e. The van der Waals surface area contributed by atoms with Crippen LogP contribution in [0.3, 0.4) is 0 Å². The van der Waals surface area contributed by atoms with E-state index in [0.717, 1.165) is 12.8 Å². The number of hydrogen-bond acceptors (Lipinski definition) is 2. The normalized spacial score (nSPS) is 10.3. The molecule has 1 aromatic carbocycles. The summed E-state index contributed by atoms with van der Waals surface area (Å²) in [5, 5.41) is 10.3. The van der Waals surface area contributed by atoms with Crippen LogP contribution in [0.1, 0.15) is 35.7 Å². The first-order valence-electron chi connectivity index (χ1n) is 4.88. The van der Waals surface area contributed by atoms with Crippen LogP contribution in [0.5, 0.6) is 5.75 Å². The van der Waals surface area contributed by atoms with Crippen LogP contribution in [-0.4, -0.2) is 11.0 Å². The Morgan fingerprint density at radius 1 is 1.53 bits per heavy atom. The standard InChI is InChI=1S/C11H14ClNO2/c1-2-3-4-7-9(12)6-5-8(10(7)14)11(13)15/h5-6,14H,2-4H2,1H3,(H2,13,15). The van der Waals surface area contributed by atoms with E-state index in [0.29, 0.717) is 17.0 Å². The molecule has 82 valence electrons. The molecule has 15 heavy (non-hydrogen) atoms. The van der Waals surface area contributed by atoms with E-state index in [-0.39, 0.29) is 11.3 Å². The molecular formula is C11H14ClNO2. The molecule has 3 nitrogen and oxygen atoms in total. The highest BCUT2D eigenvalue weighted by Gasteiger charge is 2.14. The van der Waals surface area contributed by atoms with Gasteiger partial charge in [0.25, 0.3) is 5.91 Å². The number of halogens is 1. The van der Waals surface area contributed by atoms with Crippen molar-refractivity contribution < 1.29 is 9.90 Å². The SMILES string of the molecule is CCCCc1c(Cl)ccc(C(N)=O)c1O. The Kier molecular flexibility index (Phi) is 3.97. The van der Waals surface area contributed by atoms with E-state index in [2.05, 4.69) is 0 Å². The number of carbonyl (C=O) groups is 1. The third kappa shape index (κ3) is 2.63. The number of unbranched alkanes of at least 4 members (excludes halogenated alkanes) is 1. The molecule has 0 aliphatic heterocycles. The van der Waals surface area contributed by atoms with Crippen molar-refractivity contribution in [3.63, 3.8) is 0 Å². The van der Waals surface area contributed by atoms with E-state index in [1.165, 1.54) is 6.07 Å². The predicted octanol–water partition coefficient (Wildman–Crippen LogP) is 2.49. The van der Waals surface area contributed by atoms with Gasteiger partial charge in [-0.25, -0.2) is 0 Å². The molecule has 0 radical (unpaired) electrons. The topological polar surface area (TPSA) is 63.3 Å². The second-order valence-corrected chi connectivity index (χ2v) is 3.80. The van der Waals surface area contributed by atoms with Crippen molar-refractivity contribution in [1.82, 2.24) is 0 Å². The minimum atomic E-state index is -0.637. The number of amides is 1. The Hall–Kier alpha value is -1.22. The number of aromatic hydroxyl groups is 1. The van der Waals surface area contributed by atoms with Crippen molar-refractivity contribution in [3.8, 4) is 5.75 Å². The largest absolute Gasteiger partial charge is 0.507 e. The van der Waals surface area contributed by atoms with Crippen molar-refractivity contribution in [2.24, 2.45) is 5.73 Å². The molecule has 4 heteroatoms. The van der Waals surface area contributed by atoms with E-state index in [1.807, 2.05) is 6.92 Å². The number of primary amides is 1. The van der Waals surface area contributed by atoms with E-state index in [1.54, 1.807) is 6.07 Å². The minimum Gasteiger partial charge on any atom is -0.507 e. The second-order valence-electron chi connectivity index (χ2n) is 3.39. The van der Waals surface area contributed by atoms with Crippen LogP contribution in [0.2, 0.25) is 5.02 Å². The van der Waals surface area contributed by atoms with Gasteiger partial charge in [0.2, 0.25) is 0 Å². The van der Waals surface area contributed by atoms with Gasteiger partial charge in [-0.15, -0.1) is 0 Å². The second kappa shape index (κ2) is 5.03. The molecule has 0 saturated heterocycles. The first kappa shape index (κ1) is 11.9. The van der Waals surface area contributed by atoms with Gasteiger partial charge in [-0.3, -0.25) is 4.79 Å². The minimum absolute atomic E-state index is 0.0801. The predicted molar refractivity (Wildman–Crippen MR) is 60.2 cm³/mol. The fourth-order valence-electron chi connectivity index (χ4n) is 1.40. The molecular weight excluding hydrogens is 214 g/mol. The number of benzene rings is 1. The van der Waals surface area contributed by atoms with Gasteiger partial charge in [0.15, 0.2) is 0 Å². The quantitative estimate of drug-likeness (QED) is 0.830. The molecule has 0 aliphatic rings. The van der Waals surface area contributed by atoms with Gasteiger partial charge in [-0.2, -0.15) is 0 Å². The summed E-state index contributed by atoms with van der Waals surface area (Å²) in [5.74, 6) is -0.717. The van der Waals surface area contributed by atoms with Crippen LogP contribution in [0.15, 0.2) is 12.1 Å². The number of phenols is 1. The van der Waals surface area contributed by atoms with Crippen molar-refractivity contribution in [1.29, 1.82) is 0 Å². The van der Waals surface area contributed by atoms with Gasteiger partial charge in [-0.1, -0.05) is 24.9 Å². The lowest BCUT2D eigenvalue weighted by Gasteiger charge is -2.09. The third-order valence-electron chi connectivity index (χ3n) is 2.27. The highest BCUT2D eigenvalue weighted by atomic mass is 35.5. The highest BCUT2D eigenvalue weighted by Crippen LogP contribution is 2.30. The van der Waals surface area contributed by atoms with Gasteiger partial charge in [0.1, 0.15) is 5.75 Å². The van der Waals surface area contributed by atoms with E-state index < -0.39 is 5.91 Å². The fourth-order valence-corrected chi connectivity index (χ4v) is 1.65. The summed E-state index contributed by atoms with van der Waals surface area (Å²) < 4.78 is 0. The van der Waals surface area contributed by atoms with Crippen LogP contribution in [0.4, 0.5) is 0 Å². The zero-order valence-electron chi connectivity index (χ0n) is 8.59. The van der Waals surface area contributed by atoms with Crippen LogP contribution in [0, 0.1) is 0 Å². The van der Waals surface area contributed by atoms with Gasteiger partial charge >= 0.3 is 0 Å². The Bertz CT molecular complexity index is 377. The summed E-state index contributed by atoms with van der Waals surface area (Å²) in [6, 6.07) is 3.03. The van der Waals surface area contributed by atoms with Gasteiger partial charge in [0.05, 0.1) is 5.56 Å². The smallest absolute Gasteiger partial charge is 0.252 e. The Morgan fingerprint density at radius 2 is 2.20 bits per heavy atom. The summed E-state index contributed by atoms with van der Waals surface area (Å²) in [7, 11) is 0. The lowest BCUT2D eigenvalue weighted by atomic mass is 10.0. The number of carbonyl (C=O) groups excluding carboxylic acids is 1. The molecule has 0 fully saturated rings. The molecule has 0 aliphatic carbocycles. The summed E-state index contributed by atoms with van der Waals surface area (Å²) in [6.07, 6.45) is 2.56. The Morgan fingerprint density at radius 3 is 2.73 bits per heavy atom. The average Bonchev–Trinajstić information content (AvgIpc) is 2.17. The zero-order valence-corrected chi connectivity index (χ0v) is 9.34. The van der Waals surface area contributed by atoms with Crippen molar-refractivity contribution in [3.05, 3.63) is 28.3 Å². The van der Waals surface area contributed by atoms with Gasteiger partial charge < -0.3 is 10.8 Å². The van der Waals surface area contributed by atoms with Crippen LogP contribution in [0.25, 0.3) is 0 Å². The molecule has 0 aromatic heterocycles. The molecule has 0 spiro atoms. The monoisotopic (exact) mass is 227 g/mol. The van der Waals surface area contributed by atoms with E-state index in [9.17, 15) is 9.90 Å². The van der Waals surface area contributed by atoms with E-state index >= 15 is 0 Å². The lowest BCUT2D eigenvalue weighted by molar-refractivity contribution is 0.0997. The Balaban J connectivity index is 3.12. The summed E-state index contributed by atoms with van der Waals surface area (Å²) in [5.41, 5.74) is 5.86. The maximum absolute atomic E-state index is 11.0. The zero-order chi connectivity index (χ0) is 11.4. The fraction of sp³-hybridized carbons (Fsp3) is 0.364. The van der Waals surface area contributed by atoms with Crippen LogP contribution < -0.4 is 5.73 Å². The maximum atomic E-state index is 11.0. The summed E-state index contributed by atoms with van der Waals surface area (Å²) in [4.78, 5) is 11.0. The summed E-state index contributed by atoms with van der Waals surface area (Å²) >= 11 is 5.93. The van der Waals surface area contributed by atoms with Gasteiger partial charge in [0, 0.05) is 10.6 Å². The van der Waals surface area contributed by atoms with Crippen molar-refractivity contribution in [2.45, 2.75) is 26.2 Å². The number of nitrogens with two attached hydrogens (primary N) is 1. The van der Waals surface area contributed by atoms with E-state index in [4.69, 9.17) is 17.3 Å². The van der Waals surface area contributed by atoms with Crippen LogP contribution in [-0.2, 0) is 6.42 Å². The third-order valence-corrected chi connectivity index (χ3v) is 2.63. The summed E-state index contributed by atoms with van der Waals surface area (Å²) in [6.45, 7) is 2.04. The Labute approximate surface area is 93.9 Å². The van der Waals surface area contributed by atoms with Crippen LogP contribution >= 0.6 is 11.6 Å². The molecule has 1 amide bonds. The molecule has 0 atom stereocenters. The van der Waals surface area contributed by atoms with Gasteiger partial charge in [-0.05, 0) is 25.0 Å². The molecule has 0 saturated carbocycles. The molecule has 0 heterocycles. The van der Waals surface area contributed by atoms with Crippen molar-refractivity contribution in [2.75, 3.05) is 0 Å². The molecule has 0 unspecified atom stereocenters. The number of rotatable bonds is 4.